The summed E-state index contributed by atoms with van der Waals surface area (Å²) in [5.41, 5.74) is 6.13. The summed E-state index contributed by atoms with van der Waals surface area (Å²) in [5.74, 6) is 1.94. The van der Waals surface area contributed by atoms with Crippen LogP contribution in [0.5, 0.6) is 0 Å². The van der Waals surface area contributed by atoms with Crippen molar-refractivity contribution in [3.63, 3.8) is 0 Å². The van der Waals surface area contributed by atoms with E-state index in [9.17, 15) is 0 Å². The Morgan fingerprint density at radius 3 is 1.66 bits per heavy atom. The second kappa shape index (κ2) is 9.93. The number of hydrogen-bond donors (Lipinski definition) is 0. The number of fused-ring (bicyclic) bond motifs is 7. The molecule has 0 aliphatic rings. The van der Waals surface area contributed by atoms with Gasteiger partial charge in [0.15, 0.2) is 17.5 Å². The monoisotopic (exact) mass is 581 g/mol. The van der Waals surface area contributed by atoms with Gasteiger partial charge in [-0.05, 0) is 36.4 Å². The fourth-order valence-electron chi connectivity index (χ4n) is 6.10. The molecule has 0 saturated carbocycles. The Hall–Kier alpha value is -5.72. The van der Waals surface area contributed by atoms with Crippen molar-refractivity contribution in [3.8, 4) is 39.9 Å². The van der Waals surface area contributed by atoms with E-state index < -0.39 is 0 Å². The molecule has 0 atom stereocenters. The third kappa shape index (κ3) is 3.92. The average molecular weight is 582 g/mol. The van der Waals surface area contributed by atoms with E-state index in [4.69, 9.17) is 19.9 Å². The molecular formula is C38H23N5S. The summed E-state index contributed by atoms with van der Waals surface area (Å²) >= 11 is 1.75. The van der Waals surface area contributed by atoms with Crippen molar-refractivity contribution in [3.05, 3.63) is 140 Å². The lowest BCUT2D eigenvalue weighted by molar-refractivity contribution is 1.07. The van der Waals surface area contributed by atoms with Crippen molar-refractivity contribution in [2.75, 3.05) is 0 Å². The van der Waals surface area contributed by atoms with Crippen molar-refractivity contribution in [1.29, 1.82) is 0 Å². The third-order valence-corrected chi connectivity index (χ3v) is 9.20. The molecule has 0 radical (unpaired) electrons. The molecule has 0 fully saturated rings. The van der Waals surface area contributed by atoms with Crippen LogP contribution in [-0.2, 0) is 0 Å². The van der Waals surface area contributed by atoms with Gasteiger partial charge in [0.25, 0.3) is 0 Å². The van der Waals surface area contributed by atoms with E-state index in [2.05, 4.69) is 77.4 Å². The van der Waals surface area contributed by atoms with Gasteiger partial charge in [-0.2, -0.15) is 0 Å². The van der Waals surface area contributed by atoms with E-state index in [0.29, 0.717) is 17.5 Å². The number of pyridine rings is 1. The fraction of sp³-hybridized carbons (Fsp3) is 0. The molecular weight excluding hydrogens is 559 g/mol. The SMILES string of the molecule is c1ccc(-c2nc(-c3ccccc3)nc(-c3ccc(-n4c5ccccc5c5c6c(ncc54)sc4ccccc46)cc3)n2)cc1. The fourth-order valence-corrected chi connectivity index (χ4v) is 7.16. The van der Waals surface area contributed by atoms with E-state index in [1.807, 2.05) is 66.9 Å². The van der Waals surface area contributed by atoms with Gasteiger partial charge < -0.3 is 4.57 Å². The molecule has 9 rings (SSSR count). The summed E-state index contributed by atoms with van der Waals surface area (Å²) in [6.07, 6.45) is 2.02. The highest BCUT2D eigenvalue weighted by molar-refractivity contribution is 7.25. The van der Waals surface area contributed by atoms with Crippen molar-refractivity contribution < 1.29 is 0 Å². The summed E-state index contributed by atoms with van der Waals surface area (Å²) < 4.78 is 3.57. The van der Waals surface area contributed by atoms with Crippen LogP contribution in [-0.4, -0.2) is 24.5 Å². The molecule has 6 heteroatoms. The lowest BCUT2D eigenvalue weighted by Crippen LogP contribution is -2.00. The van der Waals surface area contributed by atoms with Gasteiger partial charge in [-0.25, -0.2) is 19.9 Å². The molecule has 0 unspecified atom stereocenters. The molecule has 4 heterocycles. The topological polar surface area (TPSA) is 56.5 Å². The predicted molar refractivity (Wildman–Crippen MR) is 181 cm³/mol. The van der Waals surface area contributed by atoms with Gasteiger partial charge in [0.05, 0.1) is 17.2 Å². The molecule has 0 N–H and O–H groups in total. The molecule has 4 aromatic heterocycles. The summed E-state index contributed by atoms with van der Waals surface area (Å²) in [7, 11) is 0. The van der Waals surface area contributed by atoms with Crippen molar-refractivity contribution in [2.45, 2.75) is 0 Å². The molecule has 0 saturated heterocycles. The Morgan fingerprint density at radius 1 is 0.455 bits per heavy atom. The number of aromatic nitrogens is 5. The van der Waals surface area contributed by atoms with E-state index >= 15 is 0 Å². The second-order valence-corrected chi connectivity index (χ2v) is 11.8. The van der Waals surface area contributed by atoms with E-state index in [1.165, 1.54) is 26.2 Å². The number of thiophene rings is 1. The van der Waals surface area contributed by atoms with Gasteiger partial charge in [-0.3, -0.25) is 0 Å². The van der Waals surface area contributed by atoms with Gasteiger partial charge >= 0.3 is 0 Å². The van der Waals surface area contributed by atoms with Gasteiger partial charge in [-0.15, -0.1) is 11.3 Å². The Morgan fingerprint density at radius 2 is 1.00 bits per heavy atom. The first-order chi connectivity index (χ1) is 21.8. The zero-order valence-electron chi connectivity index (χ0n) is 23.4. The number of benzene rings is 5. The largest absolute Gasteiger partial charge is 0.308 e. The van der Waals surface area contributed by atoms with Crippen LogP contribution in [0.25, 0.3) is 82.0 Å². The lowest BCUT2D eigenvalue weighted by Gasteiger charge is -2.10. The number of hydrogen-bond acceptors (Lipinski definition) is 5. The zero-order valence-corrected chi connectivity index (χ0v) is 24.2. The smallest absolute Gasteiger partial charge is 0.164 e. The maximum absolute atomic E-state index is 4.94. The van der Waals surface area contributed by atoms with Crippen molar-refractivity contribution in [2.24, 2.45) is 0 Å². The molecule has 0 aliphatic carbocycles. The minimum absolute atomic E-state index is 0.639. The quantitative estimate of drug-likeness (QED) is 0.208. The summed E-state index contributed by atoms with van der Waals surface area (Å²) in [6.45, 7) is 0. The number of rotatable bonds is 4. The van der Waals surface area contributed by atoms with Crippen LogP contribution in [0, 0.1) is 0 Å². The molecule has 44 heavy (non-hydrogen) atoms. The molecule has 0 amide bonds. The first-order valence-corrected chi connectivity index (χ1v) is 15.3. The van der Waals surface area contributed by atoms with Crippen LogP contribution in [0.1, 0.15) is 0 Å². The summed E-state index contributed by atoms with van der Waals surface area (Å²) in [6, 6.07) is 45.8. The van der Waals surface area contributed by atoms with Crippen molar-refractivity contribution in [1.82, 2.24) is 24.5 Å². The Bertz CT molecular complexity index is 2420. The Labute approximate surface area is 256 Å². The van der Waals surface area contributed by atoms with E-state index in [-0.39, 0.29) is 0 Å². The molecule has 0 aliphatic heterocycles. The van der Waals surface area contributed by atoms with Crippen LogP contribution in [0.15, 0.2) is 140 Å². The molecule has 206 valence electrons. The second-order valence-electron chi connectivity index (χ2n) is 10.7. The average Bonchev–Trinajstić information content (AvgIpc) is 3.64. The zero-order chi connectivity index (χ0) is 29.0. The molecule has 5 nitrogen and oxygen atoms in total. The lowest BCUT2D eigenvalue weighted by atomic mass is 10.1. The van der Waals surface area contributed by atoms with E-state index in [0.717, 1.165) is 38.2 Å². The highest BCUT2D eigenvalue weighted by Crippen LogP contribution is 2.42. The molecule has 9 aromatic rings. The predicted octanol–water partition coefficient (Wildman–Crippen LogP) is 9.73. The van der Waals surface area contributed by atoms with Crippen LogP contribution in [0.2, 0.25) is 0 Å². The van der Waals surface area contributed by atoms with Gasteiger partial charge in [-0.1, -0.05) is 97.1 Å². The Kier molecular flexibility index (Phi) is 5.61. The minimum Gasteiger partial charge on any atom is -0.308 e. The van der Waals surface area contributed by atoms with Gasteiger partial charge in [0.1, 0.15) is 4.83 Å². The van der Waals surface area contributed by atoms with Crippen LogP contribution < -0.4 is 0 Å². The van der Waals surface area contributed by atoms with E-state index in [1.54, 1.807) is 11.3 Å². The number of nitrogens with zero attached hydrogens (tertiary/aromatic N) is 5. The van der Waals surface area contributed by atoms with Gasteiger partial charge in [0, 0.05) is 48.6 Å². The van der Waals surface area contributed by atoms with Crippen molar-refractivity contribution >= 4 is 53.4 Å². The molecule has 0 spiro atoms. The highest BCUT2D eigenvalue weighted by Gasteiger charge is 2.19. The first kappa shape index (κ1) is 24.8. The number of para-hydroxylation sites is 1. The van der Waals surface area contributed by atoms with Crippen LogP contribution in [0.3, 0.4) is 0 Å². The Balaban J connectivity index is 1.22. The van der Waals surface area contributed by atoms with Gasteiger partial charge in [0.2, 0.25) is 0 Å². The van der Waals surface area contributed by atoms with Crippen LogP contribution in [0.4, 0.5) is 0 Å². The maximum Gasteiger partial charge on any atom is 0.164 e. The summed E-state index contributed by atoms with van der Waals surface area (Å²) in [4.78, 5) is 20.7. The molecule has 5 aromatic carbocycles. The maximum atomic E-state index is 4.94. The highest BCUT2D eigenvalue weighted by atomic mass is 32.1. The first-order valence-electron chi connectivity index (χ1n) is 14.5. The van der Waals surface area contributed by atoms with Crippen LogP contribution >= 0.6 is 11.3 Å². The molecule has 0 bridgehead atoms. The normalized spacial score (nSPS) is 11.6. The minimum atomic E-state index is 0.639. The summed E-state index contributed by atoms with van der Waals surface area (Å²) in [5, 5.41) is 4.94. The third-order valence-electron chi connectivity index (χ3n) is 8.13. The standard InChI is InChI=1S/C38H23N5S/c1-3-11-24(12-4-1)35-40-36(25-13-5-2-6-14-25)42-37(41-35)26-19-21-27(22-20-26)43-30-17-9-7-15-28(30)33-31(43)23-39-38-34(33)29-16-8-10-18-32(29)44-38/h1-23H.